The largest absolute Gasteiger partial charge is 0.493 e. The minimum Gasteiger partial charge on any atom is -0.493 e. The van der Waals surface area contributed by atoms with E-state index in [-0.39, 0.29) is 5.69 Å². The van der Waals surface area contributed by atoms with Gasteiger partial charge in [-0.15, -0.1) is 0 Å². The van der Waals surface area contributed by atoms with Gasteiger partial charge in [-0.05, 0) is 36.8 Å². The number of aryl methyl sites for hydroxylation is 1. The Labute approximate surface area is 161 Å². The van der Waals surface area contributed by atoms with Crippen molar-refractivity contribution in [3.8, 4) is 28.5 Å². The standard InChI is InChI=1S/C20H21N3O5/c1-11-6-5-7-13(8-11)21-19(24)17-16(22-20(25)23-17)12-9-14(26-2)18(28-4)15(10-12)27-3/h5-10H,1-4H3,(H,21,24)(H2,22,23,25). The van der Waals surface area contributed by atoms with Crippen molar-refractivity contribution in [1.82, 2.24) is 9.97 Å². The van der Waals surface area contributed by atoms with Gasteiger partial charge in [0.1, 0.15) is 5.69 Å². The first-order valence-corrected chi connectivity index (χ1v) is 8.47. The molecule has 0 aliphatic carbocycles. The predicted octanol–water partition coefficient (Wildman–Crippen LogP) is 2.96. The fourth-order valence-electron chi connectivity index (χ4n) is 2.91. The van der Waals surface area contributed by atoms with Gasteiger partial charge in [0.15, 0.2) is 11.5 Å². The number of imidazole rings is 1. The third-order valence-corrected chi connectivity index (χ3v) is 4.18. The van der Waals surface area contributed by atoms with Crippen molar-refractivity contribution < 1.29 is 19.0 Å². The van der Waals surface area contributed by atoms with Crippen LogP contribution < -0.4 is 25.2 Å². The number of rotatable bonds is 6. The molecule has 0 bridgehead atoms. The summed E-state index contributed by atoms with van der Waals surface area (Å²) in [6, 6.07) is 10.7. The van der Waals surface area contributed by atoms with E-state index in [1.807, 2.05) is 25.1 Å². The highest BCUT2D eigenvalue weighted by Gasteiger charge is 2.21. The summed E-state index contributed by atoms with van der Waals surface area (Å²) >= 11 is 0. The number of aromatic amines is 2. The number of anilines is 1. The number of hydrogen-bond acceptors (Lipinski definition) is 5. The van der Waals surface area contributed by atoms with Crippen molar-refractivity contribution in [2.45, 2.75) is 6.92 Å². The molecule has 0 atom stereocenters. The van der Waals surface area contributed by atoms with Crippen LogP contribution in [-0.2, 0) is 0 Å². The van der Waals surface area contributed by atoms with Crippen LogP contribution in [0.25, 0.3) is 11.3 Å². The first kappa shape index (κ1) is 19.1. The van der Waals surface area contributed by atoms with Crippen LogP contribution in [0.4, 0.5) is 5.69 Å². The molecule has 3 aromatic rings. The highest BCUT2D eigenvalue weighted by atomic mass is 16.5. The molecular formula is C20H21N3O5. The summed E-state index contributed by atoms with van der Waals surface area (Å²) in [6.07, 6.45) is 0. The number of methoxy groups -OCH3 is 3. The van der Waals surface area contributed by atoms with Gasteiger partial charge in [-0.25, -0.2) is 4.79 Å². The number of aromatic nitrogens is 2. The molecule has 8 nitrogen and oxygen atoms in total. The van der Waals surface area contributed by atoms with E-state index in [2.05, 4.69) is 15.3 Å². The molecular weight excluding hydrogens is 362 g/mol. The average Bonchev–Trinajstić information content (AvgIpc) is 3.08. The Morgan fingerprint density at radius 2 is 1.64 bits per heavy atom. The molecule has 1 amide bonds. The second-order valence-electron chi connectivity index (χ2n) is 6.07. The number of amides is 1. The highest BCUT2D eigenvalue weighted by molar-refractivity contribution is 6.06. The zero-order chi connectivity index (χ0) is 20.3. The molecule has 0 aliphatic heterocycles. The molecule has 1 heterocycles. The summed E-state index contributed by atoms with van der Waals surface area (Å²) in [6.45, 7) is 1.93. The number of carbonyl (C=O) groups excluding carboxylic acids is 1. The van der Waals surface area contributed by atoms with E-state index in [4.69, 9.17) is 14.2 Å². The zero-order valence-corrected chi connectivity index (χ0v) is 16.0. The Hall–Kier alpha value is -3.68. The van der Waals surface area contributed by atoms with Gasteiger partial charge < -0.3 is 29.5 Å². The zero-order valence-electron chi connectivity index (χ0n) is 16.0. The summed E-state index contributed by atoms with van der Waals surface area (Å²) in [7, 11) is 4.48. The number of H-pyrrole nitrogens is 2. The molecule has 0 fully saturated rings. The van der Waals surface area contributed by atoms with Crippen LogP contribution in [0.1, 0.15) is 16.1 Å². The van der Waals surface area contributed by atoms with Crippen molar-refractivity contribution in [2.75, 3.05) is 26.6 Å². The lowest BCUT2D eigenvalue weighted by molar-refractivity contribution is 0.102. The minimum atomic E-state index is -0.502. The molecule has 0 radical (unpaired) electrons. The van der Waals surface area contributed by atoms with Crippen molar-refractivity contribution in [1.29, 1.82) is 0 Å². The maximum absolute atomic E-state index is 12.8. The molecule has 0 aliphatic rings. The SMILES string of the molecule is COc1cc(-c2[nH]c(=O)[nH]c2C(=O)Nc2cccc(C)c2)cc(OC)c1OC. The lowest BCUT2D eigenvalue weighted by atomic mass is 10.1. The lowest BCUT2D eigenvalue weighted by Gasteiger charge is -2.14. The number of ether oxygens (including phenoxy) is 3. The van der Waals surface area contributed by atoms with E-state index in [1.165, 1.54) is 21.3 Å². The summed E-state index contributed by atoms with van der Waals surface area (Å²) in [5.41, 5.74) is 2.07. The molecule has 0 spiro atoms. The number of hydrogen-bond donors (Lipinski definition) is 3. The lowest BCUT2D eigenvalue weighted by Crippen LogP contribution is -2.14. The van der Waals surface area contributed by atoms with Crippen LogP contribution in [0.15, 0.2) is 41.2 Å². The fourth-order valence-corrected chi connectivity index (χ4v) is 2.91. The summed E-state index contributed by atoms with van der Waals surface area (Å²) < 4.78 is 16.0. The molecule has 0 unspecified atom stereocenters. The maximum atomic E-state index is 12.8. The van der Waals surface area contributed by atoms with Gasteiger partial charge in [-0.1, -0.05) is 12.1 Å². The quantitative estimate of drug-likeness (QED) is 0.607. The monoisotopic (exact) mass is 383 g/mol. The first-order valence-electron chi connectivity index (χ1n) is 8.47. The van der Waals surface area contributed by atoms with Gasteiger partial charge in [-0.2, -0.15) is 0 Å². The van der Waals surface area contributed by atoms with E-state index in [1.54, 1.807) is 18.2 Å². The second-order valence-corrected chi connectivity index (χ2v) is 6.07. The minimum absolute atomic E-state index is 0.0979. The number of benzene rings is 2. The summed E-state index contributed by atoms with van der Waals surface area (Å²) in [5.74, 6) is 0.776. The van der Waals surface area contributed by atoms with Crippen molar-refractivity contribution in [3.63, 3.8) is 0 Å². The van der Waals surface area contributed by atoms with Crippen molar-refractivity contribution in [3.05, 3.63) is 58.1 Å². The smallest absolute Gasteiger partial charge is 0.323 e. The van der Waals surface area contributed by atoms with Gasteiger partial charge in [0.2, 0.25) is 5.75 Å². The third kappa shape index (κ3) is 3.71. The van der Waals surface area contributed by atoms with Crippen LogP contribution >= 0.6 is 0 Å². The van der Waals surface area contributed by atoms with Crippen LogP contribution in [0.5, 0.6) is 17.2 Å². The van der Waals surface area contributed by atoms with E-state index < -0.39 is 11.6 Å². The normalized spacial score (nSPS) is 10.4. The Kier molecular flexibility index (Phi) is 5.39. The Morgan fingerprint density at radius 1 is 0.964 bits per heavy atom. The van der Waals surface area contributed by atoms with Crippen LogP contribution in [0, 0.1) is 6.92 Å². The molecule has 146 valence electrons. The average molecular weight is 383 g/mol. The number of carbonyl (C=O) groups is 1. The Morgan fingerprint density at radius 3 is 2.21 bits per heavy atom. The van der Waals surface area contributed by atoms with Crippen LogP contribution in [-0.4, -0.2) is 37.2 Å². The molecule has 0 saturated heterocycles. The maximum Gasteiger partial charge on any atom is 0.323 e. The molecule has 3 N–H and O–H groups in total. The molecule has 28 heavy (non-hydrogen) atoms. The predicted molar refractivity (Wildman–Crippen MR) is 106 cm³/mol. The first-order chi connectivity index (χ1) is 13.5. The van der Waals surface area contributed by atoms with Crippen LogP contribution in [0.2, 0.25) is 0 Å². The molecule has 8 heteroatoms. The Balaban J connectivity index is 2.05. The summed E-state index contributed by atoms with van der Waals surface area (Å²) in [4.78, 5) is 29.9. The third-order valence-electron chi connectivity index (χ3n) is 4.18. The topological polar surface area (TPSA) is 105 Å². The Bertz CT molecular complexity index is 1040. The van der Waals surface area contributed by atoms with Crippen molar-refractivity contribution >= 4 is 11.6 Å². The fraction of sp³-hybridized carbons (Fsp3) is 0.200. The van der Waals surface area contributed by atoms with E-state index in [0.29, 0.717) is 34.2 Å². The van der Waals surface area contributed by atoms with Crippen LogP contribution in [0.3, 0.4) is 0 Å². The molecule has 1 aromatic heterocycles. The van der Waals surface area contributed by atoms with Gasteiger partial charge >= 0.3 is 5.69 Å². The van der Waals surface area contributed by atoms with Gasteiger partial charge in [0, 0.05) is 11.3 Å². The van der Waals surface area contributed by atoms with E-state index in [0.717, 1.165) is 5.56 Å². The molecule has 2 aromatic carbocycles. The van der Waals surface area contributed by atoms with Gasteiger partial charge in [0.25, 0.3) is 5.91 Å². The molecule has 0 saturated carbocycles. The van der Waals surface area contributed by atoms with Gasteiger partial charge in [0.05, 0.1) is 27.0 Å². The van der Waals surface area contributed by atoms with Gasteiger partial charge in [-0.3, -0.25) is 4.79 Å². The van der Waals surface area contributed by atoms with E-state index >= 15 is 0 Å². The summed E-state index contributed by atoms with van der Waals surface area (Å²) in [5, 5.41) is 2.79. The number of nitrogens with one attached hydrogen (secondary N) is 3. The van der Waals surface area contributed by atoms with Crippen molar-refractivity contribution in [2.24, 2.45) is 0 Å². The second kappa shape index (κ2) is 7.91. The van der Waals surface area contributed by atoms with E-state index in [9.17, 15) is 9.59 Å². The highest BCUT2D eigenvalue weighted by Crippen LogP contribution is 2.41. The molecule has 3 rings (SSSR count).